The molecule has 228 valence electrons. The molecule has 43 heavy (non-hydrogen) atoms. The Kier molecular flexibility index (Phi) is 9.34. The number of benzene rings is 3. The highest BCUT2D eigenvalue weighted by Gasteiger charge is 2.46. The molecule has 0 saturated carbocycles. The minimum Gasteiger partial charge on any atom is -0.445 e. The summed E-state index contributed by atoms with van der Waals surface area (Å²) in [6.45, 7) is 2.17. The number of ether oxygens (including phenoxy) is 2. The lowest BCUT2D eigenvalue weighted by Gasteiger charge is -2.46. The minimum absolute atomic E-state index is 0.0569. The summed E-state index contributed by atoms with van der Waals surface area (Å²) in [5.74, 6) is -0.263. The van der Waals surface area contributed by atoms with E-state index in [1.165, 1.54) is 18.7 Å². The maximum atomic E-state index is 13.6. The topological polar surface area (TPSA) is 55.8 Å². The maximum Gasteiger partial charge on any atom is 0.416 e. The summed E-state index contributed by atoms with van der Waals surface area (Å²) in [5, 5.41) is 0. The molecule has 0 N–H and O–H groups in total. The van der Waals surface area contributed by atoms with Crippen molar-refractivity contribution in [3.8, 4) is 0 Å². The molecule has 0 saturated heterocycles. The zero-order valence-corrected chi connectivity index (χ0v) is 23.3. The number of carbonyl (C=O) groups is 2. The number of amides is 1. The van der Waals surface area contributed by atoms with Crippen molar-refractivity contribution in [2.75, 3.05) is 13.2 Å². The third-order valence-corrected chi connectivity index (χ3v) is 7.37. The van der Waals surface area contributed by atoms with Crippen molar-refractivity contribution < 1.29 is 45.4 Å². The molecule has 0 aliphatic carbocycles. The van der Waals surface area contributed by atoms with E-state index in [1.54, 1.807) is 66.7 Å². The van der Waals surface area contributed by atoms with Crippen molar-refractivity contribution in [3.05, 3.63) is 118 Å². The highest BCUT2D eigenvalue weighted by Crippen LogP contribution is 2.41. The van der Waals surface area contributed by atoms with Gasteiger partial charge in [-0.2, -0.15) is 26.3 Å². The molecule has 3 aromatic rings. The number of ketones is 1. The van der Waals surface area contributed by atoms with Crippen molar-refractivity contribution in [2.45, 2.75) is 50.9 Å². The summed E-state index contributed by atoms with van der Waals surface area (Å²) in [6.07, 6.45) is -10.3. The van der Waals surface area contributed by atoms with E-state index < -0.39 is 41.2 Å². The van der Waals surface area contributed by atoms with Gasteiger partial charge in [-0.05, 0) is 55.2 Å². The molecule has 1 heterocycles. The van der Waals surface area contributed by atoms with Gasteiger partial charge < -0.3 is 9.47 Å². The van der Waals surface area contributed by atoms with Gasteiger partial charge >= 0.3 is 18.4 Å². The second-order valence-corrected chi connectivity index (χ2v) is 10.3. The largest absolute Gasteiger partial charge is 0.445 e. The van der Waals surface area contributed by atoms with Gasteiger partial charge in [-0.25, -0.2) is 4.79 Å². The van der Waals surface area contributed by atoms with Crippen LogP contribution in [0, 0.1) is 0 Å². The number of Topliss-reactive ketones (excluding diaryl/α,β-unsaturated/α-hetero) is 1. The van der Waals surface area contributed by atoms with Crippen LogP contribution >= 0.6 is 0 Å². The molecule has 1 amide bonds. The molecule has 1 aliphatic rings. The molecule has 3 aromatic carbocycles. The smallest absolute Gasteiger partial charge is 0.416 e. The molecule has 0 radical (unpaired) electrons. The number of alkyl halides is 6. The van der Waals surface area contributed by atoms with E-state index in [0.29, 0.717) is 23.3 Å². The number of carbonyl (C=O) groups excluding carboxylic acids is 2. The Balaban J connectivity index is 1.71. The van der Waals surface area contributed by atoms with Crippen LogP contribution < -0.4 is 0 Å². The van der Waals surface area contributed by atoms with Gasteiger partial charge in [-0.3, -0.25) is 9.69 Å². The van der Waals surface area contributed by atoms with Crippen LogP contribution in [-0.2, 0) is 38.8 Å². The lowest BCUT2D eigenvalue weighted by atomic mass is 9.81. The van der Waals surface area contributed by atoms with Gasteiger partial charge in [0.2, 0.25) is 0 Å². The SMILES string of the molecule is CC(=O)C1=CCC(COC(C)c2cc(C(F)(F)F)cc(C(F)(F)F)c2)(c2ccccc2)N(C(=O)OCc2ccccc2)C1. The lowest BCUT2D eigenvalue weighted by Crippen LogP contribution is -2.55. The van der Waals surface area contributed by atoms with Crippen LogP contribution in [0.1, 0.15) is 54.2 Å². The number of hydrogen-bond donors (Lipinski definition) is 0. The van der Waals surface area contributed by atoms with Gasteiger partial charge in [-0.1, -0.05) is 66.7 Å². The first-order valence-electron chi connectivity index (χ1n) is 13.4. The zero-order chi connectivity index (χ0) is 31.4. The molecule has 11 heteroatoms. The van der Waals surface area contributed by atoms with Crippen LogP contribution in [-0.4, -0.2) is 29.9 Å². The van der Waals surface area contributed by atoms with Gasteiger partial charge in [0.25, 0.3) is 0 Å². The Labute approximate surface area is 244 Å². The molecule has 0 aromatic heterocycles. The first kappa shape index (κ1) is 31.8. The predicted molar refractivity (Wildman–Crippen MR) is 146 cm³/mol. The average Bonchev–Trinajstić information content (AvgIpc) is 2.98. The van der Waals surface area contributed by atoms with Crippen LogP contribution in [0.5, 0.6) is 0 Å². The molecule has 0 spiro atoms. The van der Waals surface area contributed by atoms with Crippen molar-refractivity contribution >= 4 is 11.9 Å². The van der Waals surface area contributed by atoms with E-state index >= 15 is 0 Å². The molecule has 2 atom stereocenters. The highest BCUT2D eigenvalue weighted by atomic mass is 19.4. The number of rotatable bonds is 8. The summed E-state index contributed by atoms with van der Waals surface area (Å²) >= 11 is 0. The first-order valence-corrected chi connectivity index (χ1v) is 13.4. The summed E-state index contributed by atoms with van der Waals surface area (Å²) in [7, 11) is 0. The first-order chi connectivity index (χ1) is 20.2. The zero-order valence-electron chi connectivity index (χ0n) is 23.3. The Morgan fingerprint density at radius 3 is 1.98 bits per heavy atom. The van der Waals surface area contributed by atoms with Gasteiger partial charge in [0, 0.05) is 5.57 Å². The molecular formula is C32H29F6NO4. The van der Waals surface area contributed by atoms with Crippen molar-refractivity contribution in [1.29, 1.82) is 0 Å². The van der Waals surface area contributed by atoms with Crippen LogP contribution in [0.4, 0.5) is 31.1 Å². The van der Waals surface area contributed by atoms with E-state index in [2.05, 4.69) is 0 Å². The molecule has 0 bridgehead atoms. The van der Waals surface area contributed by atoms with Gasteiger partial charge in [-0.15, -0.1) is 0 Å². The van der Waals surface area contributed by atoms with E-state index in [1.807, 2.05) is 0 Å². The molecule has 0 fully saturated rings. The highest BCUT2D eigenvalue weighted by molar-refractivity contribution is 5.94. The van der Waals surface area contributed by atoms with Gasteiger partial charge in [0.05, 0.1) is 35.9 Å². The third-order valence-electron chi connectivity index (χ3n) is 7.37. The fourth-order valence-electron chi connectivity index (χ4n) is 4.90. The Bertz CT molecular complexity index is 1440. The van der Waals surface area contributed by atoms with Crippen molar-refractivity contribution in [1.82, 2.24) is 4.90 Å². The average molecular weight is 606 g/mol. The second-order valence-electron chi connectivity index (χ2n) is 10.3. The Morgan fingerprint density at radius 2 is 1.44 bits per heavy atom. The minimum atomic E-state index is -5.02. The normalized spacial score (nSPS) is 18.1. The fourth-order valence-corrected chi connectivity index (χ4v) is 4.90. The quantitative estimate of drug-likeness (QED) is 0.243. The number of hydrogen-bond acceptors (Lipinski definition) is 4. The predicted octanol–water partition coefficient (Wildman–Crippen LogP) is 8.26. The van der Waals surface area contributed by atoms with Crippen LogP contribution in [0.2, 0.25) is 0 Å². The number of halogens is 6. The Morgan fingerprint density at radius 1 is 0.884 bits per heavy atom. The van der Waals surface area contributed by atoms with E-state index in [9.17, 15) is 35.9 Å². The molecule has 5 nitrogen and oxygen atoms in total. The van der Waals surface area contributed by atoms with Crippen molar-refractivity contribution in [3.63, 3.8) is 0 Å². The fraction of sp³-hybridized carbons (Fsp3) is 0.312. The molecule has 1 aliphatic heterocycles. The van der Waals surface area contributed by atoms with E-state index in [0.717, 1.165) is 5.56 Å². The number of nitrogens with zero attached hydrogens (tertiary/aromatic N) is 1. The van der Waals surface area contributed by atoms with Crippen LogP contribution in [0.25, 0.3) is 0 Å². The second kappa shape index (κ2) is 12.6. The third kappa shape index (κ3) is 7.45. The summed E-state index contributed by atoms with van der Waals surface area (Å²) in [4.78, 5) is 27.3. The van der Waals surface area contributed by atoms with Crippen LogP contribution in [0.15, 0.2) is 90.5 Å². The lowest BCUT2D eigenvalue weighted by molar-refractivity contribution is -0.143. The monoisotopic (exact) mass is 605 g/mol. The van der Waals surface area contributed by atoms with Crippen LogP contribution in [0.3, 0.4) is 0 Å². The molecular weight excluding hydrogens is 576 g/mol. The standard InChI is InChI=1S/C32H29F6NO4/c1-21(40)24-13-14-30(26-11-7-4-8-12-26,39(18-24)29(41)42-19-23-9-5-3-6-10-23)20-43-22(2)25-15-27(31(33,34)35)17-28(16-25)32(36,37)38/h3-13,15-17,22H,14,18-20H2,1-2H3. The summed E-state index contributed by atoms with van der Waals surface area (Å²) < 4.78 is 92.6. The van der Waals surface area contributed by atoms with E-state index in [-0.39, 0.29) is 43.6 Å². The van der Waals surface area contributed by atoms with Crippen molar-refractivity contribution in [2.24, 2.45) is 0 Å². The summed E-state index contributed by atoms with van der Waals surface area (Å²) in [6, 6.07) is 18.8. The molecule has 2 unspecified atom stereocenters. The van der Waals surface area contributed by atoms with E-state index in [4.69, 9.17) is 9.47 Å². The maximum absolute atomic E-state index is 13.6. The van der Waals surface area contributed by atoms with Gasteiger partial charge in [0.1, 0.15) is 6.61 Å². The summed E-state index contributed by atoms with van der Waals surface area (Å²) in [5.41, 5.74) is -2.89. The Hall–Kier alpha value is -4.12. The van der Waals surface area contributed by atoms with Gasteiger partial charge in [0.15, 0.2) is 5.78 Å². The molecule has 4 rings (SSSR count).